The highest BCUT2D eigenvalue weighted by molar-refractivity contribution is 6.04. The first-order valence-corrected chi connectivity index (χ1v) is 5.30. The quantitative estimate of drug-likeness (QED) is 0.854. The molecule has 2 rings (SSSR count). The molecule has 0 radical (unpaired) electrons. The normalized spacial score (nSPS) is 10.3. The zero-order valence-electron chi connectivity index (χ0n) is 10.1. The van der Waals surface area contributed by atoms with E-state index in [2.05, 4.69) is 15.4 Å². The number of anilines is 1. The molecule has 2 aromatic heterocycles. The van der Waals surface area contributed by atoms with Gasteiger partial charge in [0, 0.05) is 19.4 Å². The van der Waals surface area contributed by atoms with Crippen molar-refractivity contribution in [2.45, 2.75) is 13.8 Å². The number of nitrogens with zero attached hydrogens (tertiary/aromatic N) is 3. The molecule has 88 valence electrons. The van der Waals surface area contributed by atoms with E-state index in [0.29, 0.717) is 17.1 Å². The van der Waals surface area contributed by atoms with E-state index >= 15 is 0 Å². The summed E-state index contributed by atoms with van der Waals surface area (Å²) in [5.41, 5.74) is 2.33. The summed E-state index contributed by atoms with van der Waals surface area (Å²) in [4.78, 5) is 16.0. The standard InChI is InChI=1S/C12H14N4O/c1-8-4-5-11(13-6-8)14-12(17)10-7-16(3)15-9(10)2/h4-7H,1-3H3,(H,13,14,17). The molecule has 0 aliphatic carbocycles. The van der Waals surface area contributed by atoms with Crippen molar-refractivity contribution >= 4 is 11.7 Å². The van der Waals surface area contributed by atoms with Crippen molar-refractivity contribution in [3.8, 4) is 0 Å². The summed E-state index contributed by atoms with van der Waals surface area (Å²) in [6.45, 7) is 3.75. The summed E-state index contributed by atoms with van der Waals surface area (Å²) in [7, 11) is 1.79. The number of pyridine rings is 1. The molecule has 17 heavy (non-hydrogen) atoms. The van der Waals surface area contributed by atoms with Gasteiger partial charge in [-0.25, -0.2) is 4.98 Å². The Bertz CT molecular complexity index is 542. The summed E-state index contributed by atoms with van der Waals surface area (Å²) in [6.07, 6.45) is 3.41. The van der Waals surface area contributed by atoms with Gasteiger partial charge in [0.2, 0.25) is 0 Å². The van der Waals surface area contributed by atoms with Crippen LogP contribution in [0.25, 0.3) is 0 Å². The van der Waals surface area contributed by atoms with E-state index in [-0.39, 0.29) is 5.91 Å². The fourth-order valence-electron chi connectivity index (χ4n) is 1.55. The third-order valence-electron chi connectivity index (χ3n) is 2.41. The molecule has 5 nitrogen and oxygen atoms in total. The zero-order chi connectivity index (χ0) is 12.4. The molecule has 0 aliphatic rings. The minimum Gasteiger partial charge on any atom is -0.306 e. The molecule has 0 bridgehead atoms. The van der Waals surface area contributed by atoms with Crippen molar-refractivity contribution in [3.63, 3.8) is 0 Å². The van der Waals surface area contributed by atoms with E-state index in [0.717, 1.165) is 5.56 Å². The van der Waals surface area contributed by atoms with Crippen molar-refractivity contribution in [3.05, 3.63) is 41.3 Å². The van der Waals surface area contributed by atoms with Gasteiger partial charge in [0.25, 0.3) is 5.91 Å². The van der Waals surface area contributed by atoms with Crippen LogP contribution in [0.1, 0.15) is 21.6 Å². The maximum absolute atomic E-state index is 11.9. The van der Waals surface area contributed by atoms with Gasteiger partial charge in [-0.2, -0.15) is 5.10 Å². The second kappa shape index (κ2) is 4.37. The molecule has 2 heterocycles. The van der Waals surface area contributed by atoms with Gasteiger partial charge in [-0.15, -0.1) is 0 Å². The third kappa shape index (κ3) is 2.50. The van der Waals surface area contributed by atoms with Crippen LogP contribution in [0.15, 0.2) is 24.5 Å². The van der Waals surface area contributed by atoms with E-state index in [1.807, 2.05) is 13.0 Å². The van der Waals surface area contributed by atoms with Crippen molar-refractivity contribution in [2.75, 3.05) is 5.32 Å². The second-order valence-corrected chi connectivity index (χ2v) is 3.98. The van der Waals surface area contributed by atoms with Crippen molar-refractivity contribution in [2.24, 2.45) is 7.05 Å². The lowest BCUT2D eigenvalue weighted by atomic mass is 10.2. The fraction of sp³-hybridized carbons (Fsp3) is 0.250. The maximum atomic E-state index is 11.9. The fourth-order valence-corrected chi connectivity index (χ4v) is 1.55. The smallest absolute Gasteiger partial charge is 0.260 e. The molecule has 2 aromatic rings. The highest BCUT2D eigenvalue weighted by atomic mass is 16.1. The van der Waals surface area contributed by atoms with Crippen LogP contribution in [-0.2, 0) is 7.05 Å². The van der Waals surface area contributed by atoms with Crippen LogP contribution in [0.4, 0.5) is 5.82 Å². The minimum atomic E-state index is -0.188. The highest BCUT2D eigenvalue weighted by Gasteiger charge is 2.12. The van der Waals surface area contributed by atoms with Gasteiger partial charge in [0.15, 0.2) is 0 Å². The van der Waals surface area contributed by atoms with Crippen LogP contribution in [0.3, 0.4) is 0 Å². The SMILES string of the molecule is Cc1ccc(NC(=O)c2cn(C)nc2C)nc1. The molecule has 1 amide bonds. The molecule has 0 unspecified atom stereocenters. The van der Waals surface area contributed by atoms with Crippen LogP contribution in [0, 0.1) is 13.8 Å². The first kappa shape index (κ1) is 11.3. The Labute approximate surface area is 99.5 Å². The van der Waals surface area contributed by atoms with Crippen molar-refractivity contribution in [1.82, 2.24) is 14.8 Å². The van der Waals surface area contributed by atoms with Gasteiger partial charge in [0.05, 0.1) is 11.3 Å². The van der Waals surface area contributed by atoms with E-state index in [9.17, 15) is 4.79 Å². The topological polar surface area (TPSA) is 59.8 Å². The predicted octanol–water partition coefficient (Wildman–Crippen LogP) is 1.68. The Hall–Kier alpha value is -2.17. The first-order valence-electron chi connectivity index (χ1n) is 5.30. The molecule has 5 heteroatoms. The van der Waals surface area contributed by atoms with Gasteiger partial charge >= 0.3 is 0 Å². The Balaban J connectivity index is 2.17. The van der Waals surface area contributed by atoms with E-state index in [4.69, 9.17) is 0 Å². The number of nitrogens with one attached hydrogen (secondary N) is 1. The number of hydrogen-bond donors (Lipinski definition) is 1. The number of carbonyl (C=O) groups excluding carboxylic acids is 1. The zero-order valence-corrected chi connectivity index (χ0v) is 10.1. The molecular formula is C12H14N4O. The van der Waals surface area contributed by atoms with Crippen LogP contribution >= 0.6 is 0 Å². The summed E-state index contributed by atoms with van der Waals surface area (Å²) in [5, 5.41) is 6.86. The summed E-state index contributed by atoms with van der Waals surface area (Å²) >= 11 is 0. The number of amides is 1. The first-order chi connectivity index (χ1) is 8.06. The lowest BCUT2D eigenvalue weighted by Crippen LogP contribution is -2.13. The lowest BCUT2D eigenvalue weighted by Gasteiger charge is -2.03. The number of aromatic nitrogens is 3. The van der Waals surface area contributed by atoms with E-state index < -0.39 is 0 Å². The third-order valence-corrected chi connectivity index (χ3v) is 2.41. The Kier molecular flexibility index (Phi) is 2.91. The molecule has 0 saturated heterocycles. The minimum absolute atomic E-state index is 0.188. The molecule has 1 N–H and O–H groups in total. The summed E-state index contributed by atoms with van der Waals surface area (Å²) < 4.78 is 1.62. The largest absolute Gasteiger partial charge is 0.306 e. The molecule has 0 aliphatic heterocycles. The number of hydrogen-bond acceptors (Lipinski definition) is 3. The highest BCUT2D eigenvalue weighted by Crippen LogP contribution is 2.09. The monoisotopic (exact) mass is 230 g/mol. The number of carbonyl (C=O) groups is 1. The van der Waals surface area contributed by atoms with E-state index in [1.165, 1.54) is 0 Å². The predicted molar refractivity (Wildman–Crippen MR) is 64.9 cm³/mol. The van der Waals surface area contributed by atoms with Gasteiger partial charge in [0.1, 0.15) is 5.82 Å². The maximum Gasteiger partial charge on any atom is 0.260 e. The summed E-state index contributed by atoms with van der Waals surface area (Å²) in [5.74, 6) is 0.357. The number of rotatable bonds is 2. The van der Waals surface area contributed by atoms with Gasteiger partial charge in [-0.3, -0.25) is 9.48 Å². The van der Waals surface area contributed by atoms with Crippen LogP contribution in [0.5, 0.6) is 0 Å². The number of aryl methyl sites for hydroxylation is 3. The second-order valence-electron chi connectivity index (χ2n) is 3.98. The lowest BCUT2D eigenvalue weighted by molar-refractivity contribution is 0.102. The van der Waals surface area contributed by atoms with Crippen molar-refractivity contribution in [1.29, 1.82) is 0 Å². The molecule has 0 atom stereocenters. The Morgan fingerprint density at radius 1 is 1.35 bits per heavy atom. The summed E-state index contributed by atoms with van der Waals surface area (Å²) in [6, 6.07) is 3.68. The van der Waals surface area contributed by atoms with Crippen LogP contribution in [-0.4, -0.2) is 20.7 Å². The average Bonchev–Trinajstić information content (AvgIpc) is 2.61. The van der Waals surface area contributed by atoms with Gasteiger partial charge in [-0.1, -0.05) is 6.07 Å². The van der Waals surface area contributed by atoms with Crippen LogP contribution < -0.4 is 5.32 Å². The average molecular weight is 230 g/mol. The van der Waals surface area contributed by atoms with Gasteiger partial charge in [-0.05, 0) is 25.5 Å². The Morgan fingerprint density at radius 2 is 2.12 bits per heavy atom. The van der Waals surface area contributed by atoms with Gasteiger partial charge < -0.3 is 5.32 Å². The van der Waals surface area contributed by atoms with E-state index in [1.54, 1.807) is 37.1 Å². The van der Waals surface area contributed by atoms with Crippen LogP contribution in [0.2, 0.25) is 0 Å². The Morgan fingerprint density at radius 3 is 2.65 bits per heavy atom. The molecule has 0 spiro atoms. The molecule has 0 fully saturated rings. The molecule has 0 saturated carbocycles. The van der Waals surface area contributed by atoms with Crippen molar-refractivity contribution < 1.29 is 4.79 Å². The molecule has 0 aromatic carbocycles. The molecular weight excluding hydrogens is 216 g/mol.